The molecule has 1 aliphatic rings. The number of carboxylic acids is 1. The Bertz CT molecular complexity index is 105. The molecule has 2 N–H and O–H groups in total. The molecule has 1 atom stereocenters. The number of rotatable bonds is 1. The fraction of sp³-hybridized carbons (Fsp3) is 0.750. The predicted octanol–water partition coefficient (Wildman–Crippen LogP) is -0.915. The summed E-state index contributed by atoms with van der Waals surface area (Å²) in [5.41, 5.74) is 0. The van der Waals surface area contributed by atoms with Gasteiger partial charge in [0.2, 0.25) is 0 Å². The first kappa shape index (κ1) is 9.78. The second-order valence-corrected chi connectivity index (χ2v) is 2.64. The Morgan fingerprint density at radius 2 is 2.44 bits per heavy atom. The monoisotopic (exact) mass is 157 g/mol. The van der Waals surface area contributed by atoms with Crippen molar-refractivity contribution in [2.75, 3.05) is 11.6 Å². The Labute approximate surface area is 79.9 Å². The third-order valence-corrected chi connectivity index (χ3v) is 1.95. The van der Waals surface area contributed by atoms with Crippen LogP contribution < -0.4 is 5.32 Å². The molecule has 0 spiro atoms. The van der Waals surface area contributed by atoms with Gasteiger partial charge in [0.05, 0.1) is 0 Å². The molecular weight excluding hydrogens is 149 g/mol. The van der Waals surface area contributed by atoms with Crippen molar-refractivity contribution in [1.29, 1.82) is 0 Å². The van der Waals surface area contributed by atoms with E-state index in [-0.39, 0.29) is 35.6 Å². The number of thioether (sulfide) groups is 1. The molecule has 0 bridgehead atoms. The zero-order valence-corrected chi connectivity index (χ0v) is 5.07. The SMILES string of the molecule is O=C(O)C1CSCN1.[NaH]. The summed E-state index contributed by atoms with van der Waals surface area (Å²) in [5.74, 6) is 0.738. The van der Waals surface area contributed by atoms with Crippen LogP contribution in [-0.4, -0.2) is 58.3 Å². The van der Waals surface area contributed by atoms with Gasteiger partial charge < -0.3 is 5.11 Å². The fourth-order valence-electron chi connectivity index (χ4n) is 0.554. The maximum atomic E-state index is 10.1. The van der Waals surface area contributed by atoms with Gasteiger partial charge in [0, 0.05) is 11.6 Å². The number of carboxylic acid groups (broad SMARTS) is 1. The van der Waals surface area contributed by atoms with Crippen molar-refractivity contribution in [2.24, 2.45) is 0 Å². The number of aliphatic carboxylic acids is 1. The average Bonchev–Trinajstić information content (AvgIpc) is 2.12. The third kappa shape index (κ3) is 2.91. The van der Waals surface area contributed by atoms with Crippen molar-refractivity contribution in [1.82, 2.24) is 5.32 Å². The molecule has 1 rings (SSSR count). The normalized spacial score (nSPS) is 25.1. The van der Waals surface area contributed by atoms with Gasteiger partial charge in [-0.15, -0.1) is 11.8 Å². The van der Waals surface area contributed by atoms with Gasteiger partial charge in [-0.2, -0.15) is 0 Å². The van der Waals surface area contributed by atoms with Gasteiger partial charge in [0.25, 0.3) is 0 Å². The van der Waals surface area contributed by atoms with E-state index >= 15 is 0 Å². The van der Waals surface area contributed by atoms with Crippen LogP contribution in [0.5, 0.6) is 0 Å². The number of nitrogens with one attached hydrogen (secondary N) is 1. The number of carbonyl (C=O) groups is 1. The summed E-state index contributed by atoms with van der Waals surface area (Å²) in [6.07, 6.45) is 0. The number of hydrogen-bond donors (Lipinski definition) is 2. The van der Waals surface area contributed by atoms with Crippen molar-refractivity contribution < 1.29 is 9.90 Å². The van der Waals surface area contributed by atoms with Crippen molar-refractivity contribution in [3.8, 4) is 0 Å². The van der Waals surface area contributed by atoms with Gasteiger partial charge >= 0.3 is 35.5 Å². The first-order valence-electron chi connectivity index (χ1n) is 2.34. The molecule has 1 heterocycles. The molecule has 1 aliphatic heterocycles. The molecular formula is C4H8NNaO2S. The Balaban J connectivity index is 0.000000640. The summed E-state index contributed by atoms with van der Waals surface area (Å²) in [7, 11) is 0. The molecule has 1 unspecified atom stereocenters. The molecule has 0 amide bonds. The Kier molecular flexibility index (Phi) is 4.97. The summed E-state index contributed by atoms with van der Waals surface area (Å²) in [6.45, 7) is 0. The fourth-order valence-corrected chi connectivity index (χ4v) is 1.49. The summed E-state index contributed by atoms with van der Waals surface area (Å²) in [4.78, 5) is 10.1. The maximum absolute atomic E-state index is 10.1. The van der Waals surface area contributed by atoms with Crippen LogP contribution in [0.4, 0.5) is 0 Å². The number of hydrogen-bond acceptors (Lipinski definition) is 3. The zero-order valence-electron chi connectivity index (χ0n) is 4.26. The summed E-state index contributed by atoms with van der Waals surface area (Å²) in [6, 6.07) is -0.306. The van der Waals surface area contributed by atoms with Gasteiger partial charge in [-0.05, 0) is 0 Å². The first-order chi connectivity index (χ1) is 3.80. The van der Waals surface area contributed by atoms with E-state index in [4.69, 9.17) is 5.11 Å². The van der Waals surface area contributed by atoms with Crippen LogP contribution in [0.1, 0.15) is 0 Å². The van der Waals surface area contributed by atoms with E-state index in [1.807, 2.05) is 0 Å². The van der Waals surface area contributed by atoms with E-state index in [1.165, 1.54) is 0 Å². The molecule has 0 aromatic rings. The van der Waals surface area contributed by atoms with Crippen LogP contribution in [0.2, 0.25) is 0 Å². The van der Waals surface area contributed by atoms with Crippen LogP contribution in [0.3, 0.4) is 0 Å². The van der Waals surface area contributed by atoms with Gasteiger partial charge in [-0.25, -0.2) is 0 Å². The molecule has 0 saturated carbocycles. The first-order valence-corrected chi connectivity index (χ1v) is 3.50. The van der Waals surface area contributed by atoms with Crippen LogP contribution in [0, 0.1) is 0 Å². The van der Waals surface area contributed by atoms with Gasteiger partial charge in [-0.1, -0.05) is 0 Å². The van der Waals surface area contributed by atoms with Crippen LogP contribution in [0.15, 0.2) is 0 Å². The van der Waals surface area contributed by atoms with Gasteiger partial charge in [0.1, 0.15) is 6.04 Å². The second-order valence-electron chi connectivity index (χ2n) is 1.61. The third-order valence-electron chi connectivity index (χ3n) is 1.01. The van der Waals surface area contributed by atoms with E-state index in [9.17, 15) is 4.79 Å². The van der Waals surface area contributed by atoms with Gasteiger partial charge in [0.15, 0.2) is 0 Å². The molecule has 0 aliphatic carbocycles. The minimum atomic E-state index is -0.741. The van der Waals surface area contributed by atoms with Crippen LogP contribution >= 0.6 is 11.8 Å². The topological polar surface area (TPSA) is 49.3 Å². The van der Waals surface area contributed by atoms with E-state index in [0.29, 0.717) is 5.75 Å². The standard InChI is InChI=1S/C4H7NO2S.Na.H/c6-4(7)3-1-8-2-5-3;;/h3,5H,1-2H2,(H,6,7);;. The summed E-state index contributed by atoms with van der Waals surface area (Å²) in [5, 5.41) is 11.2. The summed E-state index contributed by atoms with van der Waals surface area (Å²) < 4.78 is 0. The average molecular weight is 157 g/mol. The minimum absolute atomic E-state index is 0. The van der Waals surface area contributed by atoms with E-state index in [0.717, 1.165) is 5.88 Å². The molecule has 1 saturated heterocycles. The second kappa shape index (κ2) is 4.57. The molecule has 1 fully saturated rings. The Morgan fingerprint density at radius 1 is 1.78 bits per heavy atom. The van der Waals surface area contributed by atoms with E-state index < -0.39 is 5.97 Å². The Morgan fingerprint density at radius 3 is 2.67 bits per heavy atom. The zero-order chi connectivity index (χ0) is 5.98. The molecule has 5 heteroatoms. The van der Waals surface area contributed by atoms with Crippen LogP contribution in [0.25, 0.3) is 0 Å². The van der Waals surface area contributed by atoms with Crippen molar-refractivity contribution >= 4 is 47.3 Å². The van der Waals surface area contributed by atoms with Crippen molar-refractivity contribution in [3.05, 3.63) is 0 Å². The molecule has 0 aromatic carbocycles. The van der Waals surface area contributed by atoms with E-state index in [1.54, 1.807) is 11.8 Å². The molecule has 0 radical (unpaired) electrons. The Hall–Kier alpha value is 0.780. The quantitative estimate of drug-likeness (QED) is 0.483. The molecule has 9 heavy (non-hydrogen) atoms. The summed E-state index contributed by atoms with van der Waals surface area (Å²) >= 11 is 1.62. The van der Waals surface area contributed by atoms with Crippen molar-refractivity contribution in [2.45, 2.75) is 6.04 Å². The predicted molar refractivity (Wildman–Crippen MR) is 39.0 cm³/mol. The molecule has 48 valence electrons. The van der Waals surface area contributed by atoms with Gasteiger partial charge in [-0.3, -0.25) is 10.1 Å². The molecule has 0 aromatic heterocycles. The molecule has 3 nitrogen and oxygen atoms in total. The van der Waals surface area contributed by atoms with Crippen molar-refractivity contribution in [3.63, 3.8) is 0 Å². The van der Waals surface area contributed by atoms with E-state index in [2.05, 4.69) is 5.32 Å². The van der Waals surface area contributed by atoms with Crippen LogP contribution in [-0.2, 0) is 4.79 Å².